The van der Waals surface area contributed by atoms with E-state index >= 15 is 0 Å². The van der Waals surface area contributed by atoms with Crippen molar-refractivity contribution in [1.29, 1.82) is 0 Å². The fraction of sp³-hybridized carbons (Fsp3) is 1.00. The van der Waals surface area contributed by atoms with Crippen LogP contribution >= 0.6 is 33.3 Å². The lowest BCUT2D eigenvalue weighted by atomic mass is 10.6. The minimum Gasteiger partial charge on any atom is -0.283 e. The molecule has 0 N–H and O–H groups in total. The Labute approximate surface area is 106 Å². The normalized spacial score (nSPS) is 26.8. The molecule has 1 aliphatic rings. The van der Waals surface area contributed by atoms with Gasteiger partial charge in [-0.1, -0.05) is 61.0 Å². The fourth-order valence-electron chi connectivity index (χ4n) is 1.58. The molecule has 5 heteroatoms. The maximum absolute atomic E-state index is 2.53. The first-order chi connectivity index (χ1) is 7.26. The van der Waals surface area contributed by atoms with Gasteiger partial charge in [0.15, 0.2) is 0 Å². The number of nitrogens with zero attached hydrogens (tertiary/aromatic N) is 2. The van der Waals surface area contributed by atoms with Gasteiger partial charge in [-0.25, -0.2) is 0 Å². The van der Waals surface area contributed by atoms with E-state index < -0.39 is 0 Å². The van der Waals surface area contributed by atoms with Gasteiger partial charge in [0.25, 0.3) is 0 Å². The largest absolute Gasteiger partial charge is 0.283 e. The van der Waals surface area contributed by atoms with Crippen molar-refractivity contribution < 1.29 is 0 Å². The van der Waals surface area contributed by atoms with Gasteiger partial charge in [-0.15, -0.1) is 0 Å². The van der Waals surface area contributed by atoms with Crippen LogP contribution in [0.5, 0.6) is 0 Å². The lowest BCUT2D eigenvalue weighted by Gasteiger charge is -2.26. The molecule has 0 bridgehead atoms. The van der Waals surface area contributed by atoms with Crippen LogP contribution in [0.4, 0.5) is 0 Å². The Balaban J connectivity index is 2.43. The fourth-order valence-corrected chi connectivity index (χ4v) is 7.89. The van der Waals surface area contributed by atoms with Gasteiger partial charge >= 0.3 is 0 Å². The Morgan fingerprint density at radius 1 is 0.733 bits per heavy atom. The second-order valence-electron chi connectivity index (χ2n) is 3.39. The zero-order valence-corrected chi connectivity index (χ0v) is 12.6. The highest BCUT2D eigenvalue weighted by atomic mass is 33.1. The molecule has 0 aromatic carbocycles. The highest BCUT2D eigenvalue weighted by Gasteiger charge is 2.32. The SMILES string of the molecule is CCN(CC)C1SSC(N(CC)CC)S1. The monoisotopic (exact) mass is 266 g/mol. The molecule has 0 saturated carbocycles. The van der Waals surface area contributed by atoms with E-state index in [9.17, 15) is 0 Å². The molecule has 0 aliphatic carbocycles. The van der Waals surface area contributed by atoms with Crippen molar-refractivity contribution >= 4 is 33.3 Å². The van der Waals surface area contributed by atoms with E-state index in [0.29, 0.717) is 9.41 Å². The molecule has 0 aromatic rings. The first-order valence-corrected chi connectivity index (χ1v) is 8.94. The molecule has 1 saturated heterocycles. The third-order valence-electron chi connectivity index (χ3n) is 2.67. The van der Waals surface area contributed by atoms with Crippen LogP contribution in [0.1, 0.15) is 27.7 Å². The van der Waals surface area contributed by atoms with Gasteiger partial charge < -0.3 is 0 Å². The average Bonchev–Trinajstić information content (AvgIpc) is 2.71. The van der Waals surface area contributed by atoms with Gasteiger partial charge in [0.2, 0.25) is 0 Å². The molecule has 0 radical (unpaired) electrons. The first-order valence-electron chi connectivity index (χ1n) is 5.72. The van der Waals surface area contributed by atoms with Crippen molar-refractivity contribution in [1.82, 2.24) is 9.80 Å². The lowest BCUT2D eigenvalue weighted by Crippen LogP contribution is -2.32. The van der Waals surface area contributed by atoms with Gasteiger partial charge in [-0.05, 0) is 26.2 Å². The third-order valence-corrected chi connectivity index (χ3v) is 8.17. The van der Waals surface area contributed by atoms with E-state index in [-0.39, 0.29) is 0 Å². The summed E-state index contributed by atoms with van der Waals surface area (Å²) in [7, 11) is 4.06. The van der Waals surface area contributed by atoms with E-state index in [4.69, 9.17) is 0 Å². The van der Waals surface area contributed by atoms with Crippen molar-refractivity contribution in [3.05, 3.63) is 0 Å². The second-order valence-corrected chi connectivity index (χ2v) is 7.58. The molecule has 2 unspecified atom stereocenters. The van der Waals surface area contributed by atoms with Crippen LogP contribution in [-0.2, 0) is 0 Å². The summed E-state index contributed by atoms with van der Waals surface area (Å²) in [6.07, 6.45) is 0. The summed E-state index contributed by atoms with van der Waals surface area (Å²) in [5, 5.41) is 0. The summed E-state index contributed by atoms with van der Waals surface area (Å²) >= 11 is 2.10. The van der Waals surface area contributed by atoms with Crippen LogP contribution in [0.25, 0.3) is 0 Å². The van der Waals surface area contributed by atoms with Crippen LogP contribution < -0.4 is 0 Å². The molecule has 2 nitrogen and oxygen atoms in total. The summed E-state index contributed by atoms with van der Waals surface area (Å²) in [6.45, 7) is 13.6. The quantitative estimate of drug-likeness (QED) is 0.678. The van der Waals surface area contributed by atoms with Gasteiger partial charge in [0.1, 0.15) is 9.41 Å². The molecule has 2 atom stereocenters. The van der Waals surface area contributed by atoms with Crippen molar-refractivity contribution in [3.8, 4) is 0 Å². The van der Waals surface area contributed by atoms with Crippen molar-refractivity contribution in [2.45, 2.75) is 37.1 Å². The summed E-state index contributed by atoms with van der Waals surface area (Å²) < 4.78 is 1.30. The summed E-state index contributed by atoms with van der Waals surface area (Å²) in [4.78, 5) is 5.07. The lowest BCUT2D eigenvalue weighted by molar-refractivity contribution is 0.326. The van der Waals surface area contributed by atoms with Crippen molar-refractivity contribution in [3.63, 3.8) is 0 Å². The molecule has 90 valence electrons. The van der Waals surface area contributed by atoms with Crippen LogP contribution in [0, 0.1) is 0 Å². The van der Waals surface area contributed by atoms with E-state index in [2.05, 4.69) is 49.3 Å². The van der Waals surface area contributed by atoms with Crippen LogP contribution in [0.3, 0.4) is 0 Å². The Morgan fingerprint density at radius 3 is 1.33 bits per heavy atom. The molecule has 1 heterocycles. The van der Waals surface area contributed by atoms with Crippen LogP contribution in [-0.4, -0.2) is 45.4 Å². The zero-order valence-electron chi connectivity index (χ0n) is 10.1. The summed E-state index contributed by atoms with van der Waals surface area (Å²) in [5.74, 6) is 0. The molecule has 0 amide bonds. The average molecular weight is 267 g/mol. The molecular weight excluding hydrogens is 244 g/mol. The first kappa shape index (κ1) is 14.0. The van der Waals surface area contributed by atoms with Gasteiger partial charge in [0.05, 0.1) is 0 Å². The highest BCUT2D eigenvalue weighted by Crippen LogP contribution is 2.53. The van der Waals surface area contributed by atoms with Gasteiger partial charge in [-0.2, -0.15) is 0 Å². The maximum Gasteiger partial charge on any atom is 0.115 e. The number of rotatable bonds is 6. The molecule has 15 heavy (non-hydrogen) atoms. The van der Waals surface area contributed by atoms with Gasteiger partial charge in [-0.3, -0.25) is 9.80 Å². The number of hydrogen-bond acceptors (Lipinski definition) is 5. The summed E-state index contributed by atoms with van der Waals surface area (Å²) in [5.41, 5.74) is 0. The molecule has 0 spiro atoms. The van der Waals surface area contributed by atoms with Crippen LogP contribution in [0.2, 0.25) is 0 Å². The predicted molar refractivity (Wildman–Crippen MR) is 76.2 cm³/mol. The molecule has 1 rings (SSSR count). The minimum atomic E-state index is 0.649. The van der Waals surface area contributed by atoms with Crippen molar-refractivity contribution in [2.24, 2.45) is 0 Å². The zero-order chi connectivity index (χ0) is 11.3. The Morgan fingerprint density at radius 2 is 1.07 bits per heavy atom. The molecule has 1 aliphatic heterocycles. The Bertz CT molecular complexity index is 154. The van der Waals surface area contributed by atoms with Crippen molar-refractivity contribution in [2.75, 3.05) is 26.2 Å². The van der Waals surface area contributed by atoms with Gasteiger partial charge in [0, 0.05) is 0 Å². The minimum absolute atomic E-state index is 0.649. The number of thioether (sulfide) groups is 1. The Hall–Kier alpha value is 0.970. The molecular formula is C10H22N2S3. The van der Waals surface area contributed by atoms with Crippen LogP contribution in [0.15, 0.2) is 0 Å². The van der Waals surface area contributed by atoms with E-state index in [1.165, 1.54) is 0 Å². The predicted octanol–water partition coefficient (Wildman–Crippen LogP) is 3.37. The topological polar surface area (TPSA) is 6.48 Å². The van der Waals surface area contributed by atoms with E-state index in [0.717, 1.165) is 26.2 Å². The molecule has 1 fully saturated rings. The number of hydrogen-bond donors (Lipinski definition) is 0. The maximum atomic E-state index is 2.53. The molecule has 0 aromatic heterocycles. The standard InChI is InChI=1S/C10H22N2S3/c1-5-11(6-2)9-13-10(15-14-9)12(7-3)8-4/h9-10H,5-8H2,1-4H3. The highest BCUT2D eigenvalue weighted by molar-refractivity contribution is 8.82. The Kier molecular flexibility index (Phi) is 6.85. The van der Waals surface area contributed by atoms with E-state index in [1.807, 2.05) is 21.6 Å². The second kappa shape index (κ2) is 7.33. The third kappa shape index (κ3) is 3.73. The van der Waals surface area contributed by atoms with E-state index in [1.54, 1.807) is 0 Å². The smallest absolute Gasteiger partial charge is 0.115 e. The summed E-state index contributed by atoms with van der Waals surface area (Å²) in [6, 6.07) is 0.